The zero-order valence-corrected chi connectivity index (χ0v) is 14.0. The van der Waals surface area contributed by atoms with Gasteiger partial charge in [-0.15, -0.1) is 11.3 Å². The molecule has 2 aromatic heterocycles. The molecule has 0 saturated carbocycles. The Balaban J connectivity index is 1.69. The Labute approximate surface area is 142 Å². The highest BCUT2D eigenvalue weighted by Gasteiger charge is 2.20. The van der Waals surface area contributed by atoms with Crippen LogP contribution in [0.4, 0.5) is 0 Å². The van der Waals surface area contributed by atoms with Gasteiger partial charge in [0.1, 0.15) is 0 Å². The number of pyridine rings is 1. The van der Waals surface area contributed by atoms with Crippen molar-refractivity contribution in [1.82, 2.24) is 4.98 Å². The highest BCUT2D eigenvalue weighted by atomic mass is 35.5. The summed E-state index contributed by atoms with van der Waals surface area (Å²) in [6.07, 6.45) is 4.84. The van der Waals surface area contributed by atoms with Crippen LogP contribution in [-0.2, 0) is 6.42 Å². The van der Waals surface area contributed by atoms with Crippen molar-refractivity contribution in [2.75, 3.05) is 0 Å². The van der Waals surface area contributed by atoms with Crippen LogP contribution in [0.1, 0.15) is 35.0 Å². The number of hydrogen-bond donors (Lipinski definition) is 1. The average Bonchev–Trinajstić information content (AvgIpc) is 2.89. The van der Waals surface area contributed by atoms with Crippen LogP contribution in [0.15, 0.2) is 46.2 Å². The molecule has 3 nitrogen and oxygen atoms in total. The number of nitrogens with zero attached hydrogens (tertiary/aromatic N) is 1. The van der Waals surface area contributed by atoms with Crippen LogP contribution in [0.2, 0.25) is 5.02 Å². The number of hydrogen-bond acceptors (Lipinski definition) is 3. The van der Waals surface area contributed by atoms with Crippen LogP contribution in [0.3, 0.4) is 0 Å². The lowest BCUT2D eigenvalue weighted by Crippen LogP contribution is -2.16. The van der Waals surface area contributed by atoms with Gasteiger partial charge < -0.3 is 4.98 Å². The number of benzene rings is 1. The number of halogens is 1. The average molecular weight is 343 g/mol. The lowest BCUT2D eigenvalue weighted by molar-refractivity contribution is 0.562. The van der Waals surface area contributed by atoms with Gasteiger partial charge in [0.15, 0.2) is 0 Å². The number of aromatic nitrogens is 1. The van der Waals surface area contributed by atoms with Gasteiger partial charge in [0, 0.05) is 28.1 Å². The maximum Gasteiger partial charge on any atom is 0.248 e. The first-order chi connectivity index (χ1) is 11.2. The Hall–Kier alpha value is -1.91. The van der Waals surface area contributed by atoms with E-state index >= 15 is 0 Å². The van der Waals surface area contributed by atoms with Gasteiger partial charge in [-0.2, -0.15) is 0 Å². The molecule has 0 radical (unpaired) electrons. The molecule has 1 aromatic carbocycles. The molecule has 4 rings (SSSR count). The molecular weight excluding hydrogens is 328 g/mol. The van der Waals surface area contributed by atoms with Crippen molar-refractivity contribution < 1.29 is 0 Å². The Bertz CT molecular complexity index is 957. The lowest BCUT2D eigenvalue weighted by Gasteiger charge is -2.21. The van der Waals surface area contributed by atoms with Crippen LogP contribution in [0.25, 0.3) is 10.1 Å². The van der Waals surface area contributed by atoms with E-state index in [-0.39, 0.29) is 11.6 Å². The normalized spacial score (nSPS) is 17.7. The Morgan fingerprint density at radius 2 is 2.13 bits per heavy atom. The molecule has 3 aromatic rings. The predicted molar refractivity (Wildman–Crippen MR) is 97.2 cm³/mol. The molecule has 0 bridgehead atoms. The van der Waals surface area contributed by atoms with Gasteiger partial charge in [0.25, 0.3) is 0 Å². The number of aliphatic imine (C=N–C) groups is 1. The second-order valence-corrected chi connectivity index (χ2v) is 7.18. The molecule has 1 aliphatic carbocycles. The summed E-state index contributed by atoms with van der Waals surface area (Å²) in [4.78, 5) is 20.1. The fourth-order valence-electron chi connectivity index (χ4n) is 3.10. The molecule has 1 unspecified atom stereocenters. The summed E-state index contributed by atoms with van der Waals surface area (Å²) in [5.74, 6) is 0. The first kappa shape index (κ1) is 14.7. The molecule has 5 heteroatoms. The van der Waals surface area contributed by atoms with Crippen molar-refractivity contribution >= 4 is 39.2 Å². The van der Waals surface area contributed by atoms with E-state index in [0.717, 1.165) is 45.8 Å². The fourth-order valence-corrected chi connectivity index (χ4v) is 4.47. The third-order valence-corrected chi connectivity index (χ3v) is 5.86. The number of nitrogens with one attached hydrogen (secondary N) is 1. The van der Waals surface area contributed by atoms with Crippen molar-refractivity contribution in [1.29, 1.82) is 0 Å². The highest BCUT2D eigenvalue weighted by Crippen LogP contribution is 2.35. The van der Waals surface area contributed by atoms with E-state index in [4.69, 9.17) is 16.6 Å². The van der Waals surface area contributed by atoms with Crippen molar-refractivity contribution in [3.63, 3.8) is 0 Å². The summed E-state index contributed by atoms with van der Waals surface area (Å²) in [7, 11) is 0. The zero-order chi connectivity index (χ0) is 15.8. The van der Waals surface area contributed by atoms with Crippen LogP contribution in [0.5, 0.6) is 0 Å². The van der Waals surface area contributed by atoms with Crippen LogP contribution in [0, 0.1) is 0 Å². The quantitative estimate of drug-likeness (QED) is 0.672. The monoisotopic (exact) mass is 342 g/mol. The summed E-state index contributed by atoms with van der Waals surface area (Å²) in [6, 6.07) is 11.7. The zero-order valence-electron chi connectivity index (χ0n) is 12.4. The molecule has 0 saturated heterocycles. The summed E-state index contributed by atoms with van der Waals surface area (Å²) in [6.45, 7) is 0. The van der Waals surface area contributed by atoms with Crippen LogP contribution >= 0.6 is 22.9 Å². The van der Waals surface area contributed by atoms with Gasteiger partial charge in [0.05, 0.1) is 15.9 Å². The third-order valence-electron chi connectivity index (χ3n) is 4.23. The lowest BCUT2D eigenvalue weighted by atomic mass is 9.92. The number of thiophene rings is 1. The Morgan fingerprint density at radius 3 is 3.00 bits per heavy atom. The molecule has 0 spiro atoms. The van der Waals surface area contributed by atoms with E-state index in [1.54, 1.807) is 17.4 Å². The van der Waals surface area contributed by atoms with Gasteiger partial charge in [-0.3, -0.25) is 9.79 Å². The molecule has 23 heavy (non-hydrogen) atoms. The van der Waals surface area contributed by atoms with E-state index < -0.39 is 0 Å². The maximum atomic E-state index is 11.5. The molecule has 0 fully saturated rings. The van der Waals surface area contributed by atoms with Gasteiger partial charge in [0.2, 0.25) is 5.56 Å². The third kappa shape index (κ3) is 2.73. The fraction of sp³-hybridized carbons (Fsp3) is 0.222. The molecule has 1 N–H and O–H groups in total. The van der Waals surface area contributed by atoms with E-state index in [0.29, 0.717) is 0 Å². The first-order valence-corrected chi connectivity index (χ1v) is 8.84. The van der Waals surface area contributed by atoms with Gasteiger partial charge in [-0.05, 0) is 37.0 Å². The second-order valence-electron chi connectivity index (χ2n) is 5.72. The molecule has 1 atom stereocenters. The predicted octanol–water partition coefficient (Wildman–Crippen LogP) is 4.74. The maximum absolute atomic E-state index is 11.5. The molecule has 1 aliphatic rings. The Morgan fingerprint density at radius 1 is 1.26 bits per heavy atom. The molecule has 0 aliphatic heterocycles. The second kappa shape index (κ2) is 5.95. The van der Waals surface area contributed by atoms with Crippen molar-refractivity contribution in [2.24, 2.45) is 4.99 Å². The van der Waals surface area contributed by atoms with Crippen molar-refractivity contribution in [3.05, 3.63) is 67.9 Å². The van der Waals surface area contributed by atoms with Gasteiger partial charge >= 0.3 is 0 Å². The first-order valence-electron chi connectivity index (χ1n) is 7.64. The molecular formula is C18H15ClN2OS. The van der Waals surface area contributed by atoms with E-state index in [9.17, 15) is 4.79 Å². The number of fused-ring (bicyclic) bond motifs is 2. The summed E-state index contributed by atoms with van der Waals surface area (Å²) in [5.41, 5.74) is 2.11. The highest BCUT2D eigenvalue weighted by molar-refractivity contribution is 7.21. The summed E-state index contributed by atoms with van der Waals surface area (Å²) < 4.78 is 1.17. The summed E-state index contributed by atoms with van der Waals surface area (Å²) >= 11 is 8.12. The smallest absolute Gasteiger partial charge is 0.248 e. The van der Waals surface area contributed by atoms with Crippen molar-refractivity contribution in [2.45, 2.75) is 25.3 Å². The molecule has 2 heterocycles. The number of rotatable bonds is 2. The number of aromatic amines is 1. The van der Waals surface area contributed by atoms with Crippen molar-refractivity contribution in [3.8, 4) is 0 Å². The number of H-pyrrole nitrogens is 1. The van der Waals surface area contributed by atoms with Crippen LogP contribution in [-0.4, -0.2) is 11.2 Å². The van der Waals surface area contributed by atoms with Crippen LogP contribution < -0.4 is 5.56 Å². The summed E-state index contributed by atoms with van der Waals surface area (Å²) in [5, 5.41) is 1.85. The van der Waals surface area contributed by atoms with E-state index in [1.165, 1.54) is 4.70 Å². The minimum absolute atomic E-state index is 0.0408. The minimum Gasteiger partial charge on any atom is -0.326 e. The standard InChI is InChI=1S/C18H15ClN2OS/c19-18-12-4-1-2-7-15(12)23-16(18)10-20-13-5-3-6-14-11(13)8-9-17(22)21-14/h1-2,4,7-10,13H,3,5-6H2,(H,21,22). The molecule has 0 amide bonds. The minimum atomic E-state index is -0.0408. The largest absolute Gasteiger partial charge is 0.326 e. The topological polar surface area (TPSA) is 45.2 Å². The molecule has 116 valence electrons. The number of aryl methyl sites for hydroxylation is 1. The van der Waals surface area contributed by atoms with Gasteiger partial charge in [-0.1, -0.05) is 29.8 Å². The van der Waals surface area contributed by atoms with E-state index in [1.807, 2.05) is 30.5 Å². The van der Waals surface area contributed by atoms with E-state index in [2.05, 4.69) is 11.1 Å². The Kier molecular flexibility index (Phi) is 3.79. The van der Waals surface area contributed by atoms with Gasteiger partial charge in [-0.25, -0.2) is 0 Å². The SMILES string of the molecule is O=c1ccc2c([nH]1)CCCC2N=Cc1sc2ccccc2c1Cl.